The zero-order valence-electron chi connectivity index (χ0n) is 15.3. The first-order valence-corrected chi connectivity index (χ1v) is 10.0. The molecule has 0 aliphatic carbocycles. The first-order chi connectivity index (χ1) is 13.7. The molecule has 0 saturated heterocycles. The zero-order chi connectivity index (χ0) is 19.1. The first kappa shape index (κ1) is 16.9. The number of hydrogen-bond donors (Lipinski definition) is 1. The van der Waals surface area contributed by atoms with E-state index in [9.17, 15) is 4.79 Å². The van der Waals surface area contributed by atoms with Crippen LogP contribution in [0.5, 0.6) is 5.75 Å². The van der Waals surface area contributed by atoms with Crippen LogP contribution in [0, 0.1) is 0 Å². The summed E-state index contributed by atoms with van der Waals surface area (Å²) in [5, 5.41) is 8.29. The Morgan fingerprint density at radius 3 is 2.86 bits per heavy atom. The Kier molecular flexibility index (Phi) is 4.09. The third-order valence-corrected chi connectivity index (χ3v) is 5.89. The lowest BCUT2D eigenvalue weighted by molar-refractivity contribution is -0.116. The molecule has 1 N–H and O–H groups in total. The molecular weight excluding hydrogens is 372 g/mol. The smallest absolute Gasteiger partial charge is 0.226 e. The lowest BCUT2D eigenvalue weighted by Crippen LogP contribution is -2.24. The largest absolute Gasteiger partial charge is 0.494 e. The van der Waals surface area contributed by atoms with Gasteiger partial charge in [-0.3, -0.25) is 4.79 Å². The lowest BCUT2D eigenvalue weighted by Gasteiger charge is -2.25. The van der Waals surface area contributed by atoms with Crippen molar-refractivity contribution in [3.8, 4) is 10.9 Å². The number of nitrogens with one attached hydrogen (secondary N) is 1. The van der Waals surface area contributed by atoms with Gasteiger partial charge in [0, 0.05) is 23.5 Å². The van der Waals surface area contributed by atoms with E-state index in [0.29, 0.717) is 18.8 Å². The molecule has 2 aromatic heterocycles. The van der Waals surface area contributed by atoms with E-state index in [0.717, 1.165) is 32.2 Å². The number of aromatic nitrogens is 3. The quantitative estimate of drug-likeness (QED) is 0.562. The highest BCUT2D eigenvalue weighted by Gasteiger charge is 2.32. The molecule has 0 radical (unpaired) electrons. The minimum absolute atomic E-state index is 0.0355. The van der Waals surface area contributed by atoms with Crippen molar-refractivity contribution in [1.82, 2.24) is 14.8 Å². The van der Waals surface area contributed by atoms with Crippen molar-refractivity contribution in [3.63, 3.8) is 0 Å². The van der Waals surface area contributed by atoms with E-state index < -0.39 is 0 Å². The molecule has 140 valence electrons. The van der Waals surface area contributed by atoms with Crippen LogP contribution in [0.1, 0.15) is 30.4 Å². The minimum atomic E-state index is -0.102. The number of ether oxygens (including phenoxy) is 1. The first-order valence-electron chi connectivity index (χ1n) is 9.20. The molecule has 0 saturated carbocycles. The topological polar surface area (TPSA) is 69.0 Å². The Bertz CT molecular complexity index is 1150. The van der Waals surface area contributed by atoms with Crippen LogP contribution in [-0.2, 0) is 4.79 Å². The highest BCUT2D eigenvalue weighted by molar-refractivity contribution is 7.20. The summed E-state index contributed by atoms with van der Waals surface area (Å²) in [7, 11) is 0. The number of amides is 1. The van der Waals surface area contributed by atoms with E-state index in [2.05, 4.69) is 15.4 Å². The van der Waals surface area contributed by atoms with E-state index in [1.807, 2.05) is 61.7 Å². The van der Waals surface area contributed by atoms with Gasteiger partial charge in [0.25, 0.3) is 0 Å². The Hall–Kier alpha value is -3.19. The monoisotopic (exact) mass is 390 g/mol. The van der Waals surface area contributed by atoms with E-state index >= 15 is 0 Å². The number of nitrogens with zero attached hydrogens (tertiary/aromatic N) is 3. The summed E-state index contributed by atoms with van der Waals surface area (Å²) >= 11 is 1.55. The summed E-state index contributed by atoms with van der Waals surface area (Å²) in [6.07, 6.45) is 2.19. The van der Waals surface area contributed by atoms with Crippen molar-refractivity contribution in [3.05, 3.63) is 65.9 Å². The number of carbonyl (C=O) groups excluding carboxylic acids is 1. The average Bonchev–Trinajstić information content (AvgIpc) is 3.31. The molecule has 0 unspecified atom stereocenters. The number of anilines is 1. The highest BCUT2D eigenvalue weighted by Crippen LogP contribution is 2.41. The molecule has 5 rings (SSSR count). The number of benzene rings is 2. The van der Waals surface area contributed by atoms with Crippen LogP contribution in [0.25, 0.3) is 15.3 Å². The van der Waals surface area contributed by atoms with Crippen LogP contribution in [0.4, 0.5) is 5.82 Å². The van der Waals surface area contributed by atoms with E-state index in [1.54, 1.807) is 16.0 Å². The summed E-state index contributed by atoms with van der Waals surface area (Å²) in [4.78, 5) is 17.2. The molecule has 0 spiro atoms. The van der Waals surface area contributed by atoms with Gasteiger partial charge in [0.05, 0.1) is 23.0 Å². The Morgan fingerprint density at radius 2 is 2.00 bits per heavy atom. The standard InChI is InChI=1S/C21H18N4O2S/c1-2-27-17-9-5-3-7-13(17)14-11-19(26)24-20-15(14)12-22-25(20)21-23-16-8-4-6-10-18(16)28-21/h3-10,12,14H,2,11H2,1H3,(H,24,26)/t14-/m1/s1. The van der Waals surface area contributed by atoms with Crippen LogP contribution in [0.3, 0.4) is 0 Å². The fourth-order valence-corrected chi connectivity index (χ4v) is 4.58. The minimum Gasteiger partial charge on any atom is -0.494 e. The molecule has 4 aromatic rings. The fourth-order valence-electron chi connectivity index (χ4n) is 3.65. The van der Waals surface area contributed by atoms with Crippen molar-refractivity contribution in [1.29, 1.82) is 0 Å². The second-order valence-electron chi connectivity index (χ2n) is 6.60. The van der Waals surface area contributed by atoms with Gasteiger partial charge in [0.2, 0.25) is 11.0 Å². The molecular formula is C21H18N4O2S. The van der Waals surface area contributed by atoms with E-state index in [-0.39, 0.29) is 11.8 Å². The van der Waals surface area contributed by atoms with Crippen LogP contribution in [-0.4, -0.2) is 27.3 Å². The third kappa shape index (κ3) is 2.75. The second kappa shape index (κ2) is 6.76. The maximum Gasteiger partial charge on any atom is 0.226 e. The molecule has 3 heterocycles. The van der Waals surface area contributed by atoms with Gasteiger partial charge in [-0.25, -0.2) is 4.98 Å². The zero-order valence-corrected chi connectivity index (χ0v) is 16.1. The molecule has 0 bridgehead atoms. The SMILES string of the molecule is CCOc1ccccc1[C@H]1CC(=O)Nc2c1cnn2-c1nc2ccccc2s1. The number of carbonyl (C=O) groups is 1. The van der Waals surface area contributed by atoms with Gasteiger partial charge < -0.3 is 10.1 Å². The predicted octanol–water partition coefficient (Wildman–Crippen LogP) is 4.35. The molecule has 2 aromatic carbocycles. The number of thiazole rings is 1. The van der Waals surface area contributed by atoms with Gasteiger partial charge in [0.1, 0.15) is 11.6 Å². The summed E-state index contributed by atoms with van der Waals surface area (Å²) in [5.41, 5.74) is 2.91. The number of rotatable bonds is 4. The molecule has 1 amide bonds. The molecule has 28 heavy (non-hydrogen) atoms. The van der Waals surface area contributed by atoms with E-state index in [1.165, 1.54) is 0 Å². The summed E-state index contributed by atoms with van der Waals surface area (Å²) in [6, 6.07) is 15.9. The summed E-state index contributed by atoms with van der Waals surface area (Å²) in [6.45, 7) is 2.54. The third-order valence-electron chi connectivity index (χ3n) is 4.88. The van der Waals surface area contributed by atoms with Gasteiger partial charge in [-0.2, -0.15) is 9.78 Å². The number of hydrogen-bond acceptors (Lipinski definition) is 5. The number of fused-ring (bicyclic) bond motifs is 2. The summed E-state index contributed by atoms with van der Waals surface area (Å²) < 4.78 is 8.62. The number of para-hydroxylation sites is 2. The van der Waals surface area contributed by atoms with Gasteiger partial charge in [-0.15, -0.1) is 0 Å². The highest BCUT2D eigenvalue weighted by atomic mass is 32.1. The molecule has 7 heteroatoms. The van der Waals surface area contributed by atoms with E-state index in [4.69, 9.17) is 4.74 Å². The van der Waals surface area contributed by atoms with Crippen molar-refractivity contribution in [2.75, 3.05) is 11.9 Å². The lowest BCUT2D eigenvalue weighted by atomic mass is 9.87. The molecule has 1 aliphatic rings. The van der Waals surface area contributed by atoms with Gasteiger partial charge in [-0.05, 0) is 25.1 Å². The maximum absolute atomic E-state index is 12.5. The van der Waals surface area contributed by atoms with Gasteiger partial charge >= 0.3 is 0 Å². The Balaban J connectivity index is 1.62. The van der Waals surface area contributed by atoms with Crippen molar-refractivity contribution in [2.45, 2.75) is 19.3 Å². The second-order valence-corrected chi connectivity index (χ2v) is 7.61. The maximum atomic E-state index is 12.5. The van der Waals surface area contributed by atoms with Crippen LogP contribution >= 0.6 is 11.3 Å². The van der Waals surface area contributed by atoms with Crippen LogP contribution in [0.2, 0.25) is 0 Å². The Labute approximate surface area is 165 Å². The van der Waals surface area contributed by atoms with Crippen molar-refractivity contribution >= 4 is 33.3 Å². The molecule has 1 aliphatic heterocycles. The van der Waals surface area contributed by atoms with Crippen molar-refractivity contribution in [2.24, 2.45) is 0 Å². The fraction of sp³-hybridized carbons (Fsp3) is 0.190. The van der Waals surface area contributed by atoms with Gasteiger partial charge in [-0.1, -0.05) is 41.7 Å². The Morgan fingerprint density at radius 1 is 1.18 bits per heavy atom. The van der Waals surface area contributed by atoms with Gasteiger partial charge in [0.15, 0.2) is 0 Å². The normalized spacial score (nSPS) is 16.0. The predicted molar refractivity (Wildman–Crippen MR) is 109 cm³/mol. The molecule has 1 atom stereocenters. The van der Waals surface area contributed by atoms with Crippen molar-refractivity contribution < 1.29 is 9.53 Å². The van der Waals surface area contributed by atoms with Crippen LogP contribution < -0.4 is 10.1 Å². The molecule has 6 nitrogen and oxygen atoms in total. The van der Waals surface area contributed by atoms with Crippen LogP contribution in [0.15, 0.2) is 54.7 Å². The average molecular weight is 390 g/mol. The molecule has 0 fully saturated rings. The summed E-state index contributed by atoms with van der Waals surface area (Å²) in [5.74, 6) is 1.36.